The Bertz CT molecular complexity index is 668. The van der Waals surface area contributed by atoms with Gasteiger partial charge in [0.1, 0.15) is 0 Å². The van der Waals surface area contributed by atoms with Gasteiger partial charge in [-0.2, -0.15) is 0 Å². The summed E-state index contributed by atoms with van der Waals surface area (Å²) in [6, 6.07) is 16.3. The van der Waals surface area contributed by atoms with Crippen molar-refractivity contribution in [3.8, 4) is 0 Å². The van der Waals surface area contributed by atoms with Crippen LogP contribution in [0.5, 0.6) is 0 Å². The molecule has 0 saturated carbocycles. The minimum absolute atomic E-state index is 0.147. The van der Waals surface area contributed by atoms with Crippen LogP contribution >= 0.6 is 0 Å². The third kappa shape index (κ3) is 5.21. The topological polar surface area (TPSA) is 64.6 Å². The Kier molecular flexibility index (Phi) is 6.51. The quantitative estimate of drug-likeness (QED) is 0.794. The molecule has 0 aliphatic carbocycles. The molecule has 0 radical (unpaired) electrons. The van der Waals surface area contributed by atoms with Crippen molar-refractivity contribution in [2.24, 2.45) is 0 Å². The summed E-state index contributed by atoms with van der Waals surface area (Å²) in [6.07, 6.45) is 0. The van der Waals surface area contributed by atoms with Crippen LogP contribution in [0.15, 0.2) is 54.6 Å². The van der Waals surface area contributed by atoms with Gasteiger partial charge >= 0.3 is 5.97 Å². The zero-order chi connectivity index (χ0) is 17.4. The molecule has 24 heavy (non-hydrogen) atoms. The molecule has 2 rings (SSSR count). The normalized spacial score (nSPS) is 11.6. The lowest BCUT2D eigenvalue weighted by atomic mass is 10.1. The summed E-state index contributed by atoms with van der Waals surface area (Å²) in [5.41, 5.74) is 2.35. The van der Waals surface area contributed by atoms with Crippen molar-refractivity contribution in [2.75, 3.05) is 13.7 Å². The second-order valence-corrected chi connectivity index (χ2v) is 5.41. The maximum atomic E-state index is 11.9. The zero-order valence-corrected chi connectivity index (χ0v) is 13.8. The smallest absolute Gasteiger partial charge is 0.338 e. The van der Waals surface area contributed by atoms with Crippen LogP contribution in [-0.2, 0) is 20.9 Å². The number of hydrogen-bond acceptors (Lipinski definition) is 4. The summed E-state index contributed by atoms with van der Waals surface area (Å²) in [6.45, 7) is 2.05. The Labute approximate surface area is 141 Å². The number of methoxy groups -OCH3 is 1. The molecule has 2 aromatic carbocycles. The zero-order valence-electron chi connectivity index (χ0n) is 13.8. The average Bonchev–Trinajstić information content (AvgIpc) is 2.61. The van der Waals surface area contributed by atoms with Gasteiger partial charge in [-0.15, -0.1) is 0 Å². The third-order valence-corrected chi connectivity index (χ3v) is 3.51. The fourth-order valence-electron chi connectivity index (χ4n) is 2.23. The van der Waals surface area contributed by atoms with Gasteiger partial charge in [-0.3, -0.25) is 4.79 Å². The molecule has 0 fully saturated rings. The number of carbonyl (C=O) groups is 2. The second kappa shape index (κ2) is 8.84. The molecule has 1 atom stereocenters. The van der Waals surface area contributed by atoms with E-state index in [4.69, 9.17) is 9.47 Å². The van der Waals surface area contributed by atoms with Crippen LogP contribution in [-0.4, -0.2) is 25.6 Å². The standard InChI is InChI=1S/C19H21NO4/c1-14(16-6-4-3-5-7-16)20-18(21)13-24-19(22)17-10-8-15(9-11-17)12-23-2/h3-11,14H,12-13H2,1-2H3,(H,20,21)/t14-/m0/s1. The van der Waals surface area contributed by atoms with E-state index in [1.165, 1.54) is 0 Å². The van der Waals surface area contributed by atoms with Crippen LogP contribution in [0.2, 0.25) is 0 Å². The number of carbonyl (C=O) groups excluding carboxylic acids is 2. The summed E-state index contributed by atoms with van der Waals surface area (Å²) in [5.74, 6) is -0.864. The number of nitrogens with one attached hydrogen (secondary N) is 1. The highest BCUT2D eigenvalue weighted by atomic mass is 16.5. The van der Waals surface area contributed by atoms with Crippen molar-refractivity contribution >= 4 is 11.9 Å². The van der Waals surface area contributed by atoms with Gasteiger partial charge in [-0.25, -0.2) is 4.79 Å². The number of amides is 1. The first-order chi connectivity index (χ1) is 11.6. The molecular weight excluding hydrogens is 306 g/mol. The summed E-state index contributed by atoms with van der Waals surface area (Å²) < 4.78 is 10.1. The molecule has 0 aliphatic heterocycles. The minimum atomic E-state index is -0.526. The lowest BCUT2D eigenvalue weighted by Crippen LogP contribution is -2.31. The third-order valence-electron chi connectivity index (χ3n) is 3.51. The first kappa shape index (κ1) is 17.7. The number of ether oxygens (including phenoxy) is 2. The van der Waals surface area contributed by atoms with E-state index < -0.39 is 5.97 Å². The Morgan fingerprint density at radius 1 is 1.04 bits per heavy atom. The van der Waals surface area contributed by atoms with Gasteiger partial charge in [0.15, 0.2) is 6.61 Å². The van der Waals surface area contributed by atoms with Gasteiger partial charge in [0.25, 0.3) is 5.91 Å². The first-order valence-electron chi connectivity index (χ1n) is 7.69. The molecular formula is C19H21NO4. The van der Waals surface area contributed by atoms with Crippen molar-refractivity contribution < 1.29 is 19.1 Å². The summed E-state index contributed by atoms with van der Waals surface area (Å²) >= 11 is 0. The highest BCUT2D eigenvalue weighted by molar-refractivity contribution is 5.91. The molecule has 0 heterocycles. The van der Waals surface area contributed by atoms with Crippen LogP contribution in [0.1, 0.15) is 34.5 Å². The predicted molar refractivity (Wildman–Crippen MR) is 90.4 cm³/mol. The van der Waals surface area contributed by atoms with Gasteiger partial charge < -0.3 is 14.8 Å². The van der Waals surface area contributed by atoms with Crippen LogP contribution < -0.4 is 5.32 Å². The van der Waals surface area contributed by atoms with Crippen molar-refractivity contribution in [1.29, 1.82) is 0 Å². The van der Waals surface area contributed by atoms with E-state index in [0.29, 0.717) is 12.2 Å². The Morgan fingerprint density at radius 2 is 1.71 bits per heavy atom. The lowest BCUT2D eigenvalue weighted by molar-refractivity contribution is -0.124. The van der Waals surface area contributed by atoms with Gasteiger partial charge in [0.2, 0.25) is 0 Å². The molecule has 5 nitrogen and oxygen atoms in total. The fourth-order valence-corrected chi connectivity index (χ4v) is 2.23. The molecule has 0 unspecified atom stereocenters. The molecule has 1 amide bonds. The monoisotopic (exact) mass is 327 g/mol. The molecule has 0 spiro atoms. The molecule has 0 saturated heterocycles. The van der Waals surface area contributed by atoms with Crippen molar-refractivity contribution in [3.05, 3.63) is 71.3 Å². The van der Waals surface area contributed by atoms with E-state index in [2.05, 4.69) is 5.32 Å². The van der Waals surface area contributed by atoms with Crippen LogP contribution in [0.3, 0.4) is 0 Å². The molecule has 5 heteroatoms. The summed E-state index contributed by atoms with van der Waals surface area (Å²) in [4.78, 5) is 23.8. The van der Waals surface area contributed by atoms with E-state index in [9.17, 15) is 9.59 Å². The minimum Gasteiger partial charge on any atom is -0.452 e. The SMILES string of the molecule is COCc1ccc(C(=O)OCC(=O)N[C@@H](C)c2ccccc2)cc1. The highest BCUT2D eigenvalue weighted by Crippen LogP contribution is 2.11. The first-order valence-corrected chi connectivity index (χ1v) is 7.69. The molecule has 126 valence electrons. The van der Waals surface area contributed by atoms with Crippen molar-refractivity contribution in [2.45, 2.75) is 19.6 Å². The predicted octanol–water partition coefficient (Wildman–Crippen LogP) is 2.87. The molecule has 1 N–H and O–H groups in total. The molecule has 0 aliphatic rings. The number of esters is 1. The van der Waals surface area contributed by atoms with Gasteiger partial charge in [0.05, 0.1) is 18.2 Å². The maximum Gasteiger partial charge on any atom is 0.338 e. The fraction of sp³-hybridized carbons (Fsp3) is 0.263. The van der Waals surface area contributed by atoms with Crippen molar-refractivity contribution in [1.82, 2.24) is 5.32 Å². The molecule has 2 aromatic rings. The van der Waals surface area contributed by atoms with E-state index in [1.807, 2.05) is 37.3 Å². The molecule has 0 bridgehead atoms. The lowest BCUT2D eigenvalue weighted by Gasteiger charge is -2.14. The van der Waals surface area contributed by atoms with E-state index in [1.54, 1.807) is 31.4 Å². The Hall–Kier alpha value is -2.66. The summed E-state index contributed by atoms with van der Waals surface area (Å²) in [7, 11) is 1.61. The summed E-state index contributed by atoms with van der Waals surface area (Å²) in [5, 5.41) is 2.80. The van der Waals surface area contributed by atoms with E-state index in [-0.39, 0.29) is 18.6 Å². The van der Waals surface area contributed by atoms with Crippen LogP contribution in [0.4, 0.5) is 0 Å². The van der Waals surface area contributed by atoms with Crippen LogP contribution in [0.25, 0.3) is 0 Å². The maximum absolute atomic E-state index is 11.9. The van der Waals surface area contributed by atoms with Gasteiger partial charge in [0, 0.05) is 7.11 Å². The highest BCUT2D eigenvalue weighted by Gasteiger charge is 2.13. The number of benzene rings is 2. The van der Waals surface area contributed by atoms with E-state index >= 15 is 0 Å². The van der Waals surface area contributed by atoms with Crippen molar-refractivity contribution in [3.63, 3.8) is 0 Å². The largest absolute Gasteiger partial charge is 0.452 e. The second-order valence-electron chi connectivity index (χ2n) is 5.41. The average molecular weight is 327 g/mol. The molecule has 0 aromatic heterocycles. The van der Waals surface area contributed by atoms with Gasteiger partial charge in [-0.1, -0.05) is 42.5 Å². The van der Waals surface area contributed by atoms with Crippen LogP contribution in [0, 0.1) is 0 Å². The Morgan fingerprint density at radius 3 is 2.33 bits per heavy atom. The van der Waals surface area contributed by atoms with E-state index in [0.717, 1.165) is 11.1 Å². The Balaban J connectivity index is 1.81. The van der Waals surface area contributed by atoms with Gasteiger partial charge in [-0.05, 0) is 30.2 Å². The number of hydrogen-bond donors (Lipinski definition) is 1. The number of rotatable bonds is 7.